The molecular formula is C21H21N3O4S3. The predicted octanol–water partition coefficient (Wildman–Crippen LogP) is 4.47. The summed E-state index contributed by atoms with van der Waals surface area (Å²) in [7, 11) is -3.73. The van der Waals surface area contributed by atoms with Crippen LogP contribution in [-0.4, -0.2) is 37.8 Å². The van der Waals surface area contributed by atoms with E-state index < -0.39 is 10.0 Å². The maximum atomic E-state index is 12.8. The quantitative estimate of drug-likeness (QED) is 0.467. The second-order valence-electron chi connectivity index (χ2n) is 6.86. The Bertz CT molecular complexity index is 1130. The highest BCUT2D eigenvalue weighted by molar-refractivity contribution is 7.99. The number of sulfonamides is 1. The number of rotatable bonds is 8. The average Bonchev–Trinajstić information content (AvgIpc) is 3.47. The molecule has 1 aliphatic rings. The third-order valence-electron chi connectivity index (χ3n) is 4.66. The highest BCUT2D eigenvalue weighted by Gasteiger charge is 2.19. The van der Waals surface area contributed by atoms with E-state index in [1.807, 2.05) is 18.2 Å². The predicted molar refractivity (Wildman–Crippen MR) is 123 cm³/mol. The number of thioether (sulfide) groups is 1. The van der Waals surface area contributed by atoms with E-state index >= 15 is 0 Å². The van der Waals surface area contributed by atoms with Crippen molar-refractivity contribution < 1.29 is 17.9 Å². The molecular weight excluding hydrogens is 454 g/mol. The molecule has 2 N–H and O–H groups in total. The van der Waals surface area contributed by atoms with Crippen LogP contribution < -0.4 is 10.0 Å². The number of nitrogens with zero attached hydrogens (tertiary/aromatic N) is 1. The Kier molecular flexibility index (Phi) is 6.91. The lowest BCUT2D eigenvalue weighted by Crippen LogP contribution is -2.15. The minimum atomic E-state index is -3.73. The fourth-order valence-corrected chi connectivity index (χ4v) is 6.01. The number of anilines is 2. The monoisotopic (exact) mass is 475 g/mol. The largest absolute Gasteiger partial charge is 0.377 e. The highest BCUT2D eigenvalue weighted by Crippen LogP contribution is 2.27. The zero-order chi connectivity index (χ0) is 21.7. The summed E-state index contributed by atoms with van der Waals surface area (Å²) in [5, 5.41) is 4.83. The number of hydrogen-bond donors (Lipinski definition) is 2. The molecule has 2 aromatic carbocycles. The van der Waals surface area contributed by atoms with Gasteiger partial charge in [-0.25, -0.2) is 13.4 Å². The molecule has 0 aliphatic carbocycles. The van der Waals surface area contributed by atoms with Crippen LogP contribution in [0.2, 0.25) is 0 Å². The lowest BCUT2D eigenvalue weighted by molar-refractivity contribution is 0.102. The third-order valence-corrected chi connectivity index (χ3v) is 8.03. The van der Waals surface area contributed by atoms with Crippen LogP contribution >= 0.6 is 23.1 Å². The van der Waals surface area contributed by atoms with Crippen molar-refractivity contribution in [2.75, 3.05) is 22.4 Å². The number of aromatic nitrogens is 1. The summed E-state index contributed by atoms with van der Waals surface area (Å²) in [6, 6.07) is 13.5. The van der Waals surface area contributed by atoms with Gasteiger partial charge in [0.1, 0.15) is 0 Å². The van der Waals surface area contributed by atoms with Gasteiger partial charge < -0.3 is 10.1 Å². The molecule has 1 saturated heterocycles. The number of benzene rings is 2. The van der Waals surface area contributed by atoms with E-state index in [9.17, 15) is 13.2 Å². The summed E-state index contributed by atoms with van der Waals surface area (Å²) in [5.41, 5.74) is 1.09. The summed E-state index contributed by atoms with van der Waals surface area (Å²) in [5.74, 6) is 0.565. The van der Waals surface area contributed by atoms with Crippen molar-refractivity contribution in [3.63, 3.8) is 0 Å². The maximum Gasteiger partial charge on any atom is 0.263 e. The zero-order valence-electron chi connectivity index (χ0n) is 16.5. The Morgan fingerprint density at radius 2 is 2.00 bits per heavy atom. The summed E-state index contributed by atoms with van der Waals surface area (Å²) < 4.78 is 33.0. The van der Waals surface area contributed by atoms with Crippen molar-refractivity contribution in [1.82, 2.24) is 4.98 Å². The van der Waals surface area contributed by atoms with Gasteiger partial charge in [-0.3, -0.25) is 9.52 Å². The first-order chi connectivity index (χ1) is 15.0. The summed E-state index contributed by atoms with van der Waals surface area (Å²) in [4.78, 5) is 17.7. The molecule has 4 rings (SSSR count). The molecule has 7 nitrogen and oxygen atoms in total. The lowest BCUT2D eigenvalue weighted by Gasteiger charge is -2.13. The molecule has 3 aromatic rings. The summed E-state index contributed by atoms with van der Waals surface area (Å²) in [6.45, 7) is 0.804. The number of thiazole rings is 1. The molecule has 10 heteroatoms. The first kappa shape index (κ1) is 21.8. The van der Waals surface area contributed by atoms with Crippen molar-refractivity contribution in [2.45, 2.75) is 28.7 Å². The topological polar surface area (TPSA) is 97.4 Å². The van der Waals surface area contributed by atoms with Gasteiger partial charge in [-0.15, -0.1) is 23.1 Å². The van der Waals surface area contributed by atoms with E-state index in [2.05, 4.69) is 15.0 Å². The van der Waals surface area contributed by atoms with Crippen molar-refractivity contribution in [3.8, 4) is 0 Å². The number of nitrogens with one attached hydrogen (secondary N) is 2. The Balaban J connectivity index is 1.42. The van der Waals surface area contributed by atoms with Gasteiger partial charge in [-0.1, -0.05) is 12.1 Å². The molecule has 162 valence electrons. The summed E-state index contributed by atoms with van der Waals surface area (Å²) in [6.07, 6.45) is 3.89. The maximum absolute atomic E-state index is 12.8. The van der Waals surface area contributed by atoms with E-state index in [0.717, 1.165) is 30.1 Å². The molecule has 1 aliphatic heterocycles. The van der Waals surface area contributed by atoms with Gasteiger partial charge in [0.05, 0.1) is 16.6 Å². The van der Waals surface area contributed by atoms with Crippen LogP contribution in [0, 0.1) is 0 Å². The average molecular weight is 476 g/mol. The number of carbonyl (C=O) groups excluding carboxylic acids is 1. The molecule has 0 unspecified atom stereocenters. The van der Waals surface area contributed by atoms with Gasteiger partial charge >= 0.3 is 0 Å². The van der Waals surface area contributed by atoms with Crippen LogP contribution in [0.15, 0.2) is 69.9 Å². The molecule has 0 bridgehead atoms. The molecule has 2 heterocycles. The van der Waals surface area contributed by atoms with Crippen LogP contribution in [0.1, 0.15) is 23.2 Å². The first-order valence-electron chi connectivity index (χ1n) is 9.68. The second kappa shape index (κ2) is 9.82. The second-order valence-corrected chi connectivity index (χ2v) is 10.5. The Morgan fingerprint density at radius 3 is 2.71 bits per heavy atom. The standard InChI is InChI=1S/C21H21N3O4S3/c25-20(18-5-1-2-6-19(18)30-14-16-4-3-12-28-16)23-15-7-9-17(10-8-15)31(26,27)24-21-22-11-13-29-21/h1-2,5-11,13,16H,3-4,12,14H2,(H,22,24)(H,23,25)/t16-/m0/s1. The van der Waals surface area contributed by atoms with Gasteiger partial charge in [0.2, 0.25) is 0 Å². The molecule has 1 fully saturated rings. The minimum Gasteiger partial charge on any atom is -0.377 e. The van der Waals surface area contributed by atoms with E-state index in [1.165, 1.54) is 29.7 Å². The first-order valence-corrected chi connectivity index (χ1v) is 13.0. The van der Waals surface area contributed by atoms with Crippen molar-refractivity contribution in [1.29, 1.82) is 0 Å². The minimum absolute atomic E-state index is 0.0909. The number of carbonyl (C=O) groups is 1. The van der Waals surface area contributed by atoms with Crippen molar-refractivity contribution in [3.05, 3.63) is 65.7 Å². The summed E-state index contributed by atoms with van der Waals surface area (Å²) >= 11 is 2.81. The van der Waals surface area contributed by atoms with Gasteiger partial charge in [0.15, 0.2) is 5.13 Å². The van der Waals surface area contributed by atoms with Crippen LogP contribution in [0.3, 0.4) is 0 Å². The molecule has 0 radical (unpaired) electrons. The smallest absolute Gasteiger partial charge is 0.263 e. The van der Waals surface area contributed by atoms with Crippen LogP contribution in [-0.2, 0) is 14.8 Å². The number of hydrogen-bond acceptors (Lipinski definition) is 7. The Hall–Kier alpha value is -2.40. The van der Waals surface area contributed by atoms with E-state index in [-0.39, 0.29) is 16.9 Å². The van der Waals surface area contributed by atoms with Crippen molar-refractivity contribution in [2.24, 2.45) is 0 Å². The Labute approximate surface area is 189 Å². The fourth-order valence-electron chi connectivity index (χ4n) is 3.10. The van der Waals surface area contributed by atoms with Gasteiger partial charge in [-0.05, 0) is 49.2 Å². The lowest BCUT2D eigenvalue weighted by atomic mass is 10.2. The van der Waals surface area contributed by atoms with Crippen LogP contribution in [0.4, 0.5) is 10.8 Å². The van der Waals surface area contributed by atoms with Gasteiger partial charge in [0.25, 0.3) is 15.9 Å². The van der Waals surface area contributed by atoms with E-state index in [0.29, 0.717) is 16.4 Å². The third kappa shape index (κ3) is 5.65. The number of amides is 1. The molecule has 0 spiro atoms. The molecule has 31 heavy (non-hydrogen) atoms. The molecule has 0 saturated carbocycles. The van der Waals surface area contributed by atoms with Gasteiger partial charge in [-0.2, -0.15) is 0 Å². The van der Waals surface area contributed by atoms with E-state index in [1.54, 1.807) is 35.3 Å². The van der Waals surface area contributed by atoms with Gasteiger partial charge in [0, 0.05) is 34.5 Å². The molecule has 1 atom stereocenters. The van der Waals surface area contributed by atoms with Crippen LogP contribution in [0.25, 0.3) is 0 Å². The zero-order valence-corrected chi connectivity index (χ0v) is 18.9. The molecule has 1 aromatic heterocycles. The highest BCUT2D eigenvalue weighted by atomic mass is 32.2. The Morgan fingerprint density at radius 1 is 1.19 bits per heavy atom. The van der Waals surface area contributed by atoms with Crippen LogP contribution in [0.5, 0.6) is 0 Å². The van der Waals surface area contributed by atoms with Crippen molar-refractivity contribution >= 4 is 49.8 Å². The normalized spacial score (nSPS) is 16.2. The fraction of sp³-hybridized carbons (Fsp3) is 0.238. The van der Waals surface area contributed by atoms with E-state index in [4.69, 9.17) is 4.74 Å². The number of ether oxygens (including phenoxy) is 1. The molecule has 1 amide bonds. The SMILES string of the molecule is O=C(Nc1ccc(S(=O)(=O)Nc2nccs2)cc1)c1ccccc1SC[C@@H]1CCCO1.